The van der Waals surface area contributed by atoms with Crippen LogP contribution in [0.2, 0.25) is 12.6 Å². The number of rotatable bonds is 6. The fraction of sp³-hybridized carbons (Fsp3) is 1.00. The first-order valence-corrected chi connectivity index (χ1v) is 7.26. The van der Waals surface area contributed by atoms with E-state index in [1.165, 1.54) is 51.7 Å². The van der Waals surface area contributed by atoms with Gasteiger partial charge in [0, 0.05) is 0 Å². The predicted octanol–water partition coefficient (Wildman–Crippen LogP) is 2.53. The van der Waals surface area contributed by atoms with E-state index in [2.05, 4.69) is 37.3 Å². The monoisotopic (exact) mass is 222 g/mol. The largest absolute Gasteiger partial charge is 0.347 e. The van der Waals surface area contributed by atoms with E-state index < -0.39 is 0 Å². The molecule has 0 aromatic carbocycles. The predicted molar refractivity (Wildman–Crippen MR) is 76.2 cm³/mol. The summed E-state index contributed by atoms with van der Waals surface area (Å²) in [7, 11) is 0. The fourth-order valence-electron chi connectivity index (χ4n) is 3.33. The maximum atomic E-state index is 2.67. The van der Waals surface area contributed by atoms with E-state index in [9.17, 15) is 0 Å². The van der Waals surface area contributed by atoms with Crippen molar-refractivity contribution in [3.05, 3.63) is 0 Å². The lowest BCUT2D eigenvalue weighted by atomic mass is 9.14. The molecule has 1 heterocycles. The molecule has 92 valence electrons. The van der Waals surface area contributed by atoms with Crippen LogP contribution in [0.4, 0.5) is 0 Å². The minimum Gasteiger partial charge on any atom is -0.347 e. The van der Waals surface area contributed by atoms with Crippen molar-refractivity contribution >= 4 is 13.5 Å². The molecule has 1 aliphatic heterocycles. The summed E-state index contributed by atoms with van der Waals surface area (Å²) in [4.78, 5) is 5.34. The second-order valence-electron chi connectivity index (χ2n) is 4.86. The molecule has 0 aromatic rings. The van der Waals surface area contributed by atoms with Gasteiger partial charge in [-0.05, 0) is 26.2 Å². The zero-order valence-electron chi connectivity index (χ0n) is 11.7. The van der Waals surface area contributed by atoms with Crippen molar-refractivity contribution in [2.45, 2.75) is 53.2 Å². The molecule has 1 rings (SSSR count). The minimum atomic E-state index is 0.809. The zero-order chi connectivity index (χ0) is 12.0. The molecule has 0 saturated carbocycles. The highest BCUT2D eigenvalue weighted by atomic mass is 15.1. The normalized spacial score (nSPS) is 17.6. The van der Waals surface area contributed by atoms with Crippen LogP contribution in [0.1, 0.15) is 40.5 Å². The van der Waals surface area contributed by atoms with Crippen molar-refractivity contribution in [3.8, 4) is 0 Å². The molecule has 0 amide bonds. The fourth-order valence-corrected chi connectivity index (χ4v) is 3.33. The summed E-state index contributed by atoms with van der Waals surface area (Å²) >= 11 is 0. The Hall–Kier alpha value is 0.0499. The lowest BCUT2D eigenvalue weighted by Crippen LogP contribution is -2.60. The zero-order valence-corrected chi connectivity index (χ0v) is 11.7. The van der Waals surface area contributed by atoms with Gasteiger partial charge in [-0.2, -0.15) is 0 Å². The smallest absolute Gasteiger partial charge is 0.208 e. The molecule has 0 N–H and O–H groups in total. The van der Waals surface area contributed by atoms with E-state index in [0.717, 1.165) is 13.5 Å². The second kappa shape index (κ2) is 7.39. The van der Waals surface area contributed by atoms with Crippen LogP contribution in [-0.2, 0) is 0 Å². The quantitative estimate of drug-likeness (QED) is 0.637. The molecule has 16 heavy (non-hydrogen) atoms. The maximum absolute atomic E-state index is 2.67. The Morgan fingerprint density at radius 1 is 0.688 bits per heavy atom. The third-order valence-corrected chi connectivity index (χ3v) is 4.26. The average Bonchev–Trinajstić information content (AvgIpc) is 2.34. The molecule has 0 unspecified atom stereocenters. The van der Waals surface area contributed by atoms with E-state index in [1.807, 2.05) is 0 Å². The summed E-state index contributed by atoms with van der Waals surface area (Å²) in [5, 5.41) is 0. The van der Waals surface area contributed by atoms with Crippen LogP contribution in [0.5, 0.6) is 0 Å². The summed E-state index contributed by atoms with van der Waals surface area (Å²) in [5.41, 5.74) is 0. The Morgan fingerprint density at radius 3 is 1.25 bits per heavy atom. The Balaban J connectivity index is 2.68. The summed E-state index contributed by atoms with van der Waals surface area (Å²) in [5.74, 6) is 0. The molecule has 2 nitrogen and oxygen atoms in total. The first-order chi connectivity index (χ1) is 7.78. The van der Waals surface area contributed by atoms with Gasteiger partial charge in [0.25, 0.3) is 0 Å². The van der Waals surface area contributed by atoms with Gasteiger partial charge in [0.2, 0.25) is 13.5 Å². The van der Waals surface area contributed by atoms with Crippen LogP contribution >= 0.6 is 0 Å². The van der Waals surface area contributed by atoms with E-state index >= 15 is 0 Å². The van der Waals surface area contributed by atoms with Gasteiger partial charge in [0.15, 0.2) is 0 Å². The van der Waals surface area contributed by atoms with Crippen molar-refractivity contribution in [2.24, 2.45) is 0 Å². The third kappa shape index (κ3) is 3.27. The Labute approximate surface area is 103 Å². The topological polar surface area (TPSA) is 6.48 Å². The van der Waals surface area contributed by atoms with Crippen LogP contribution < -0.4 is 0 Å². The molecule has 0 radical (unpaired) electrons. The lowest BCUT2D eigenvalue weighted by molar-refractivity contribution is 0.453. The first kappa shape index (κ1) is 14.1. The van der Waals surface area contributed by atoms with Crippen LogP contribution in [0.25, 0.3) is 0 Å². The van der Waals surface area contributed by atoms with E-state index in [-0.39, 0.29) is 0 Å². The summed E-state index contributed by atoms with van der Waals surface area (Å²) < 4.78 is 0. The third-order valence-electron chi connectivity index (χ3n) is 4.26. The molecule has 0 aromatic heterocycles. The van der Waals surface area contributed by atoms with Crippen LogP contribution in [0.15, 0.2) is 0 Å². The van der Waals surface area contributed by atoms with Crippen molar-refractivity contribution in [2.75, 3.05) is 26.2 Å². The molecular formula is C12H28B2N2. The lowest BCUT2D eigenvalue weighted by Gasteiger charge is -2.40. The Morgan fingerprint density at radius 2 is 1.00 bits per heavy atom. The Kier molecular flexibility index (Phi) is 6.52. The van der Waals surface area contributed by atoms with E-state index in [4.69, 9.17) is 0 Å². The Bertz CT molecular complexity index is 162. The summed E-state index contributed by atoms with van der Waals surface area (Å²) in [6, 6.07) is 0. The number of hydrogen-bond acceptors (Lipinski definition) is 2. The van der Waals surface area contributed by atoms with Gasteiger partial charge in [-0.1, -0.05) is 53.2 Å². The molecule has 0 spiro atoms. The van der Waals surface area contributed by atoms with E-state index in [1.54, 1.807) is 0 Å². The average molecular weight is 222 g/mol. The molecule has 1 fully saturated rings. The second-order valence-corrected chi connectivity index (χ2v) is 4.86. The maximum Gasteiger partial charge on any atom is 0.208 e. The van der Waals surface area contributed by atoms with Crippen LogP contribution in [0, 0.1) is 0 Å². The highest BCUT2D eigenvalue weighted by Crippen LogP contribution is 2.23. The number of nitrogens with zero attached hydrogens (tertiary/aromatic N) is 2. The van der Waals surface area contributed by atoms with Gasteiger partial charge in [-0.25, -0.2) is 0 Å². The van der Waals surface area contributed by atoms with Crippen molar-refractivity contribution in [1.29, 1.82) is 0 Å². The van der Waals surface area contributed by atoms with Crippen molar-refractivity contribution in [1.82, 2.24) is 9.62 Å². The SMILES string of the molecule is CCN(CC)B1CCCCB1N(CC)CC. The molecular weight excluding hydrogens is 194 g/mol. The standard InChI is InChI=1S/C12H28B2N2/c1-5-15(6-2)13-11-9-10-12-14(13)16(7-3)8-4/h5-12H2,1-4H3. The molecule has 0 atom stereocenters. The summed E-state index contributed by atoms with van der Waals surface area (Å²) in [6.45, 7) is 15.7. The molecule has 0 bridgehead atoms. The first-order valence-electron chi connectivity index (χ1n) is 7.26. The highest BCUT2D eigenvalue weighted by molar-refractivity contribution is 7.20. The molecule has 0 aliphatic carbocycles. The minimum absolute atomic E-state index is 0.809. The molecule has 1 saturated heterocycles. The van der Waals surface area contributed by atoms with Gasteiger partial charge in [-0.15, -0.1) is 0 Å². The molecule has 4 heteroatoms. The van der Waals surface area contributed by atoms with Crippen molar-refractivity contribution in [3.63, 3.8) is 0 Å². The summed E-state index contributed by atoms with van der Waals surface area (Å²) in [6.07, 6.45) is 5.67. The van der Waals surface area contributed by atoms with Gasteiger partial charge in [-0.3, -0.25) is 0 Å². The van der Waals surface area contributed by atoms with E-state index in [0.29, 0.717) is 0 Å². The van der Waals surface area contributed by atoms with Crippen LogP contribution in [-0.4, -0.2) is 49.3 Å². The van der Waals surface area contributed by atoms with Gasteiger partial charge >= 0.3 is 0 Å². The van der Waals surface area contributed by atoms with Gasteiger partial charge in [0.05, 0.1) is 0 Å². The molecule has 1 aliphatic rings. The van der Waals surface area contributed by atoms with Gasteiger partial charge < -0.3 is 9.62 Å². The number of hydrogen-bond donors (Lipinski definition) is 0. The van der Waals surface area contributed by atoms with Crippen LogP contribution in [0.3, 0.4) is 0 Å². The van der Waals surface area contributed by atoms with Gasteiger partial charge in [0.1, 0.15) is 0 Å². The highest BCUT2D eigenvalue weighted by Gasteiger charge is 2.38. The van der Waals surface area contributed by atoms with Crippen molar-refractivity contribution < 1.29 is 0 Å².